The van der Waals surface area contributed by atoms with E-state index in [0.29, 0.717) is 28.1 Å². The number of aromatic nitrogens is 3. The molecule has 274 valence electrons. The Kier molecular flexibility index (Phi) is 8.23. The summed E-state index contributed by atoms with van der Waals surface area (Å²) in [6.45, 7) is 15.2. The maximum atomic E-state index is 10.3. The molecule has 0 N–H and O–H groups in total. The Balaban J connectivity index is 1.20. The number of rotatable bonds is 5. The number of hydrogen-bond acceptors (Lipinski definition) is 4. The zero-order valence-corrected chi connectivity index (χ0v) is 31.6. The van der Waals surface area contributed by atoms with Crippen LogP contribution in [0.2, 0.25) is 0 Å². The van der Waals surface area contributed by atoms with E-state index in [4.69, 9.17) is 13.1 Å². The Hall–Kier alpha value is -9.26. The van der Waals surface area contributed by atoms with Gasteiger partial charge in [-0.2, -0.15) is 15.8 Å². The lowest BCUT2D eigenvalue weighted by atomic mass is 9.98. The van der Waals surface area contributed by atoms with Gasteiger partial charge in [0.2, 0.25) is 0 Å². The van der Waals surface area contributed by atoms with Gasteiger partial charge >= 0.3 is 0 Å². The van der Waals surface area contributed by atoms with Crippen molar-refractivity contribution in [3.8, 4) is 63.0 Å². The van der Waals surface area contributed by atoms with E-state index in [2.05, 4.69) is 90.5 Å². The zero-order chi connectivity index (χ0) is 40.9. The largest absolute Gasteiger partial charge is 0.309 e. The first-order valence-corrected chi connectivity index (χ1v) is 18.9. The van der Waals surface area contributed by atoms with Gasteiger partial charge in [0.15, 0.2) is 11.4 Å². The fourth-order valence-electron chi connectivity index (χ4n) is 8.44. The molecule has 0 radical (unpaired) electrons. The molecule has 0 aliphatic heterocycles. The molecule has 3 heterocycles. The van der Waals surface area contributed by atoms with Crippen molar-refractivity contribution in [3.63, 3.8) is 0 Å². The summed E-state index contributed by atoms with van der Waals surface area (Å²) in [6.07, 6.45) is 3.66. The quantitative estimate of drug-likeness (QED) is 0.163. The SMILES string of the molecule is [C-]#[N+]c1cc([N+]#[C-])cc(-c2ccc3c(c2)c2ccccc2n3-c2cc(C#N)ccc2-c2ccncc2-n2c3ccccc3c3cc(-c4cc(C#N)cc(C#N)c4)ccc32)c1. The van der Waals surface area contributed by atoms with Crippen LogP contribution in [0.5, 0.6) is 0 Å². The van der Waals surface area contributed by atoms with Crippen LogP contribution >= 0.6 is 0 Å². The summed E-state index contributed by atoms with van der Waals surface area (Å²) >= 11 is 0. The standard InChI is InChI=1S/C52H26N8/c1-56-39-23-38(24-40(27-39)57-2)36-13-15-49-45(26-36)41-7-3-5-9-47(41)59(49)51-22-32(28-53)11-14-43(51)44-17-18-58-31-52(44)60-48-10-6-4-8-42(48)46-25-35(12-16-50(46)60)37-20-33(29-54)19-34(21-37)30-55/h3-27,31H. The van der Waals surface area contributed by atoms with Crippen LogP contribution in [0.3, 0.4) is 0 Å². The second-order valence-corrected chi connectivity index (χ2v) is 14.4. The Labute approximate surface area is 344 Å². The van der Waals surface area contributed by atoms with E-state index >= 15 is 0 Å². The normalized spacial score (nSPS) is 10.9. The first kappa shape index (κ1) is 35.2. The fraction of sp³-hybridized carbons (Fsp3) is 0. The minimum atomic E-state index is 0.412. The van der Waals surface area contributed by atoms with Gasteiger partial charge in [-0.1, -0.05) is 72.8 Å². The molecule has 10 rings (SSSR count). The first-order chi connectivity index (χ1) is 29.5. The van der Waals surface area contributed by atoms with Crippen LogP contribution < -0.4 is 0 Å². The summed E-state index contributed by atoms with van der Waals surface area (Å²) in [7, 11) is 0. The minimum absolute atomic E-state index is 0.412. The van der Waals surface area contributed by atoms with Crippen LogP contribution in [0.4, 0.5) is 11.4 Å². The third-order valence-electron chi connectivity index (χ3n) is 11.1. The van der Waals surface area contributed by atoms with E-state index in [-0.39, 0.29) is 0 Å². The summed E-state index contributed by atoms with van der Waals surface area (Å²) < 4.78 is 4.43. The van der Waals surface area contributed by atoms with Crippen LogP contribution in [-0.4, -0.2) is 14.1 Å². The van der Waals surface area contributed by atoms with Gasteiger partial charge < -0.3 is 9.13 Å². The molecule has 8 heteroatoms. The molecule has 0 bridgehead atoms. The van der Waals surface area contributed by atoms with Gasteiger partial charge in [-0.3, -0.25) is 4.98 Å². The minimum Gasteiger partial charge on any atom is -0.309 e. The average molecular weight is 763 g/mol. The molecule has 0 unspecified atom stereocenters. The predicted octanol–water partition coefficient (Wildman–Crippen LogP) is 13.0. The van der Waals surface area contributed by atoms with Gasteiger partial charge in [-0.15, -0.1) is 0 Å². The number of pyridine rings is 1. The molecule has 0 amide bonds. The van der Waals surface area contributed by atoms with E-state index < -0.39 is 0 Å². The number of nitriles is 3. The molecule has 0 saturated heterocycles. The Morgan fingerprint density at radius 1 is 0.433 bits per heavy atom. The summed E-state index contributed by atoms with van der Waals surface area (Å²) in [5.41, 5.74) is 12.8. The molecule has 0 atom stereocenters. The van der Waals surface area contributed by atoms with E-state index in [1.54, 1.807) is 30.5 Å². The van der Waals surface area contributed by atoms with Crippen LogP contribution in [0, 0.1) is 47.1 Å². The molecule has 0 fully saturated rings. The maximum absolute atomic E-state index is 10.3. The Morgan fingerprint density at radius 3 is 1.52 bits per heavy atom. The molecular formula is C52H26N8. The topological polar surface area (TPSA) is 103 Å². The van der Waals surface area contributed by atoms with Crippen molar-refractivity contribution in [2.45, 2.75) is 0 Å². The van der Waals surface area contributed by atoms with E-state index in [1.165, 1.54) is 0 Å². The highest BCUT2D eigenvalue weighted by Gasteiger charge is 2.22. The molecule has 0 aliphatic rings. The highest BCUT2D eigenvalue weighted by Crippen LogP contribution is 2.42. The van der Waals surface area contributed by atoms with Crippen molar-refractivity contribution in [3.05, 3.63) is 198 Å². The summed E-state index contributed by atoms with van der Waals surface area (Å²) in [5.74, 6) is 0. The third kappa shape index (κ3) is 5.61. The van der Waals surface area contributed by atoms with Crippen molar-refractivity contribution in [1.29, 1.82) is 15.8 Å². The van der Waals surface area contributed by atoms with Crippen LogP contribution in [0.15, 0.2) is 158 Å². The van der Waals surface area contributed by atoms with Crippen LogP contribution in [-0.2, 0) is 0 Å². The van der Waals surface area contributed by atoms with Crippen molar-refractivity contribution in [2.75, 3.05) is 0 Å². The van der Waals surface area contributed by atoms with Gasteiger partial charge in [-0.25, -0.2) is 9.69 Å². The molecule has 0 saturated carbocycles. The van der Waals surface area contributed by atoms with Crippen molar-refractivity contribution in [2.24, 2.45) is 0 Å². The first-order valence-electron chi connectivity index (χ1n) is 18.9. The molecule has 0 aliphatic carbocycles. The van der Waals surface area contributed by atoms with Crippen molar-refractivity contribution >= 4 is 55.0 Å². The summed E-state index contributed by atoms with van der Waals surface area (Å²) in [5, 5.41) is 33.7. The third-order valence-corrected chi connectivity index (χ3v) is 11.1. The van der Waals surface area contributed by atoms with Crippen molar-refractivity contribution in [1.82, 2.24) is 14.1 Å². The second-order valence-electron chi connectivity index (χ2n) is 14.4. The highest BCUT2D eigenvalue weighted by atomic mass is 15.0. The molecule has 7 aromatic carbocycles. The number of para-hydroxylation sites is 2. The van der Waals surface area contributed by atoms with Crippen LogP contribution in [0.1, 0.15) is 16.7 Å². The summed E-state index contributed by atoms with van der Waals surface area (Å²) in [6, 6.07) is 53.8. The van der Waals surface area contributed by atoms with E-state index in [1.807, 2.05) is 79.0 Å². The monoisotopic (exact) mass is 762 g/mol. The average Bonchev–Trinajstić information content (AvgIpc) is 3.83. The molecule has 10 aromatic rings. The number of fused-ring (bicyclic) bond motifs is 6. The Morgan fingerprint density at radius 2 is 0.950 bits per heavy atom. The van der Waals surface area contributed by atoms with Gasteiger partial charge in [0, 0.05) is 38.9 Å². The Bertz CT molecular complexity index is 3620. The zero-order valence-electron chi connectivity index (χ0n) is 31.6. The molecule has 60 heavy (non-hydrogen) atoms. The fourth-order valence-corrected chi connectivity index (χ4v) is 8.44. The molecular weight excluding hydrogens is 737 g/mol. The number of hydrogen-bond donors (Lipinski definition) is 0. The summed E-state index contributed by atoms with van der Waals surface area (Å²) in [4.78, 5) is 11.9. The predicted molar refractivity (Wildman–Crippen MR) is 236 cm³/mol. The number of benzene rings is 7. The molecule has 0 spiro atoms. The lowest BCUT2D eigenvalue weighted by Crippen LogP contribution is -2.02. The van der Waals surface area contributed by atoms with Gasteiger partial charge in [0.1, 0.15) is 0 Å². The van der Waals surface area contributed by atoms with Gasteiger partial charge in [0.05, 0.1) is 87.7 Å². The molecule has 3 aromatic heterocycles. The van der Waals surface area contributed by atoms with Crippen LogP contribution in [0.25, 0.3) is 98.1 Å². The van der Waals surface area contributed by atoms with Gasteiger partial charge in [-0.05, 0) is 95.1 Å². The lowest BCUT2D eigenvalue weighted by molar-refractivity contribution is 1.13. The van der Waals surface area contributed by atoms with Crippen molar-refractivity contribution < 1.29 is 0 Å². The van der Waals surface area contributed by atoms with Gasteiger partial charge in [0.25, 0.3) is 0 Å². The lowest BCUT2D eigenvalue weighted by Gasteiger charge is -2.18. The maximum Gasteiger partial charge on any atom is 0.177 e. The number of nitrogens with zero attached hydrogens (tertiary/aromatic N) is 8. The van der Waals surface area contributed by atoms with E-state index in [0.717, 1.165) is 88.4 Å². The second kappa shape index (κ2) is 14.0. The smallest absolute Gasteiger partial charge is 0.177 e. The highest BCUT2D eigenvalue weighted by molar-refractivity contribution is 6.13. The molecule has 8 nitrogen and oxygen atoms in total. The van der Waals surface area contributed by atoms with E-state index in [9.17, 15) is 15.8 Å².